The van der Waals surface area contributed by atoms with Gasteiger partial charge in [0.15, 0.2) is 9.84 Å². The third-order valence-electron chi connectivity index (χ3n) is 4.75. The summed E-state index contributed by atoms with van der Waals surface area (Å²) in [5, 5.41) is 0.472. The molecule has 10 heteroatoms. The summed E-state index contributed by atoms with van der Waals surface area (Å²) in [6.45, 7) is 5.41. The maximum absolute atomic E-state index is 14.1. The van der Waals surface area contributed by atoms with Crippen molar-refractivity contribution in [3.05, 3.63) is 30.2 Å². The van der Waals surface area contributed by atoms with Crippen molar-refractivity contribution in [3.8, 4) is 15.6 Å². The van der Waals surface area contributed by atoms with E-state index in [1.807, 2.05) is 13.8 Å². The fourth-order valence-electron chi connectivity index (χ4n) is 3.16. The number of nitrogens with zero attached hydrogens (tertiary/aromatic N) is 2. The Morgan fingerprint density at radius 2 is 2.03 bits per heavy atom. The standard InChI is InChI=1S/C20H25FN2O5S2/c1-13(2)28-20(24)23-8-6-14(7-9-23)12-27-19-22-11-17(29-19)15-4-5-18(16(21)10-15)30(3,25)26/h4-5,10-11,13-14H,6-9,12H2,1-3H3. The molecule has 0 N–H and O–H groups in total. The first-order valence-corrected chi connectivity index (χ1v) is 12.4. The van der Waals surface area contributed by atoms with Gasteiger partial charge in [-0.25, -0.2) is 22.6 Å². The first-order chi connectivity index (χ1) is 14.1. The number of carbonyl (C=O) groups is 1. The highest BCUT2D eigenvalue weighted by atomic mass is 32.2. The van der Waals surface area contributed by atoms with E-state index in [4.69, 9.17) is 9.47 Å². The number of benzene rings is 1. The molecule has 1 fully saturated rings. The van der Waals surface area contributed by atoms with E-state index in [1.165, 1.54) is 23.5 Å². The van der Waals surface area contributed by atoms with Crippen LogP contribution < -0.4 is 4.74 Å². The molecule has 1 aromatic heterocycles. The molecule has 3 rings (SSSR count). The van der Waals surface area contributed by atoms with Crippen LogP contribution in [0.3, 0.4) is 0 Å². The van der Waals surface area contributed by atoms with Crippen LogP contribution in [0.4, 0.5) is 9.18 Å². The number of halogens is 1. The van der Waals surface area contributed by atoms with E-state index in [2.05, 4.69) is 4.98 Å². The largest absolute Gasteiger partial charge is 0.470 e. The molecule has 0 radical (unpaired) electrons. The molecule has 164 valence electrons. The molecule has 2 aromatic rings. The van der Waals surface area contributed by atoms with Crippen molar-refractivity contribution < 1.29 is 27.1 Å². The SMILES string of the molecule is CC(C)OC(=O)N1CCC(COc2ncc(-c3ccc(S(C)(=O)=O)c(F)c3)s2)CC1. The van der Waals surface area contributed by atoms with Crippen molar-refractivity contribution in [2.75, 3.05) is 26.0 Å². The molecule has 0 aliphatic carbocycles. The lowest BCUT2D eigenvalue weighted by atomic mass is 9.98. The van der Waals surface area contributed by atoms with Gasteiger partial charge < -0.3 is 14.4 Å². The fraction of sp³-hybridized carbons (Fsp3) is 0.500. The number of rotatable bonds is 6. The van der Waals surface area contributed by atoms with Crippen LogP contribution in [-0.2, 0) is 14.6 Å². The monoisotopic (exact) mass is 456 g/mol. The topological polar surface area (TPSA) is 85.8 Å². The van der Waals surface area contributed by atoms with Crippen LogP contribution >= 0.6 is 11.3 Å². The Kier molecular flexibility index (Phi) is 6.97. The predicted molar refractivity (Wildman–Crippen MR) is 112 cm³/mol. The number of amides is 1. The summed E-state index contributed by atoms with van der Waals surface area (Å²) >= 11 is 1.27. The molecule has 1 amide bonds. The summed E-state index contributed by atoms with van der Waals surface area (Å²) in [5.74, 6) is -0.472. The Labute approximate surface area is 179 Å². The average Bonchev–Trinajstić information content (AvgIpc) is 3.14. The number of carbonyl (C=O) groups excluding carboxylic acids is 1. The second-order valence-electron chi connectivity index (χ2n) is 7.58. The van der Waals surface area contributed by atoms with Gasteiger partial charge in [-0.15, -0.1) is 0 Å². The van der Waals surface area contributed by atoms with Crippen molar-refractivity contribution in [1.29, 1.82) is 0 Å². The van der Waals surface area contributed by atoms with Gasteiger partial charge in [-0.1, -0.05) is 17.4 Å². The van der Waals surface area contributed by atoms with E-state index in [9.17, 15) is 17.6 Å². The van der Waals surface area contributed by atoms with Gasteiger partial charge in [0.25, 0.3) is 5.19 Å². The highest BCUT2D eigenvalue weighted by Crippen LogP contribution is 2.32. The lowest BCUT2D eigenvalue weighted by Crippen LogP contribution is -2.40. The number of thiazole rings is 1. The van der Waals surface area contributed by atoms with Gasteiger partial charge in [-0.2, -0.15) is 0 Å². The van der Waals surface area contributed by atoms with Crippen LogP contribution in [0.15, 0.2) is 29.3 Å². The molecule has 0 spiro atoms. The number of piperidine rings is 1. The predicted octanol–water partition coefficient (Wildman–Crippen LogP) is 3.99. The Bertz CT molecular complexity index is 998. The molecule has 0 atom stereocenters. The van der Waals surface area contributed by atoms with E-state index >= 15 is 0 Å². The second-order valence-corrected chi connectivity index (χ2v) is 10.6. The van der Waals surface area contributed by atoms with Crippen molar-refractivity contribution in [1.82, 2.24) is 9.88 Å². The molecule has 1 aliphatic rings. The Balaban J connectivity index is 1.53. The summed E-state index contributed by atoms with van der Waals surface area (Å²) in [5.41, 5.74) is 0.546. The van der Waals surface area contributed by atoms with Crippen LogP contribution in [0.2, 0.25) is 0 Å². The molecule has 0 bridgehead atoms. The number of likely N-dealkylation sites (tertiary alicyclic amines) is 1. The van der Waals surface area contributed by atoms with Crippen LogP contribution in [0.1, 0.15) is 26.7 Å². The molecule has 2 heterocycles. The number of hydrogen-bond acceptors (Lipinski definition) is 7. The summed E-state index contributed by atoms with van der Waals surface area (Å²) in [4.78, 5) is 18.2. The van der Waals surface area contributed by atoms with Crippen molar-refractivity contribution in [2.45, 2.75) is 37.7 Å². The normalized spacial score (nSPS) is 15.4. The smallest absolute Gasteiger partial charge is 0.410 e. The highest BCUT2D eigenvalue weighted by molar-refractivity contribution is 7.90. The maximum atomic E-state index is 14.1. The Hall–Kier alpha value is -2.20. The second kappa shape index (κ2) is 9.30. The number of hydrogen-bond donors (Lipinski definition) is 0. The highest BCUT2D eigenvalue weighted by Gasteiger charge is 2.25. The van der Waals surface area contributed by atoms with Gasteiger partial charge in [-0.05, 0) is 50.3 Å². The van der Waals surface area contributed by atoms with Gasteiger partial charge in [0.2, 0.25) is 0 Å². The molecule has 1 aromatic carbocycles. The third kappa shape index (κ3) is 5.69. The van der Waals surface area contributed by atoms with Crippen molar-refractivity contribution in [2.24, 2.45) is 5.92 Å². The molecule has 1 saturated heterocycles. The van der Waals surface area contributed by atoms with E-state index in [0.717, 1.165) is 19.1 Å². The lowest BCUT2D eigenvalue weighted by molar-refractivity contribution is 0.0608. The zero-order chi connectivity index (χ0) is 21.9. The molecule has 7 nitrogen and oxygen atoms in total. The Morgan fingerprint density at radius 3 is 2.63 bits per heavy atom. The summed E-state index contributed by atoms with van der Waals surface area (Å²) in [6, 6.07) is 4.01. The van der Waals surface area contributed by atoms with E-state index in [0.29, 0.717) is 41.2 Å². The summed E-state index contributed by atoms with van der Waals surface area (Å²) in [7, 11) is -3.61. The quantitative estimate of drug-likeness (QED) is 0.653. The van der Waals surface area contributed by atoms with Gasteiger partial charge in [0.05, 0.1) is 17.6 Å². The molecule has 30 heavy (non-hydrogen) atoms. The first kappa shape index (κ1) is 22.5. The zero-order valence-electron chi connectivity index (χ0n) is 17.1. The van der Waals surface area contributed by atoms with Gasteiger partial charge >= 0.3 is 6.09 Å². The number of sulfone groups is 1. The Morgan fingerprint density at radius 1 is 1.33 bits per heavy atom. The zero-order valence-corrected chi connectivity index (χ0v) is 18.8. The van der Waals surface area contributed by atoms with Crippen LogP contribution in [-0.4, -0.2) is 56.5 Å². The maximum Gasteiger partial charge on any atom is 0.410 e. The minimum Gasteiger partial charge on any atom is -0.470 e. The van der Waals surface area contributed by atoms with E-state index in [1.54, 1.807) is 17.2 Å². The first-order valence-electron chi connectivity index (χ1n) is 9.67. The van der Waals surface area contributed by atoms with Gasteiger partial charge in [0, 0.05) is 25.5 Å². The minimum absolute atomic E-state index is 0.131. The summed E-state index contributed by atoms with van der Waals surface area (Å²) < 4.78 is 48.2. The summed E-state index contributed by atoms with van der Waals surface area (Å²) in [6.07, 6.45) is 3.80. The number of aromatic nitrogens is 1. The number of ether oxygens (including phenoxy) is 2. The minimum atomic E-state index is -3.61. The fourth-order valence-corrected chi connectivity index (χ4v) is 4.66. The van der Waals surface area contributed by atoms with Crippen molar-refractivity contribution in [3.63, 3.8) is 0 Å². The van der Waals surface area contributed by atoms with Crippen molar-refractivity contribution >= 4 is 27.3 Å². The van der Waals surface area contributed by atoms with Gasteiger partial charge in [-0.3, -0.25) is 0 Å². The molecule has 0 unspecified atom stereocenters. The molecular weight excluding hydrogens is 431 g/mol. The van der Waals surface area contributed by atoms with Crippen LogP contribution in [0.25, 0.3) is 10.4 Å². The molecule has 1 aliphatic heterocycles. The average molecular weight is 457 g/mol. The molecular formula is C20H25FN2O5S2. The van der Waals surface area contributed by atoms with E-state index < -0.39 is 15.7 Å². The third-order valence-corrected chi connectivity index (χ3v) is 6.84. The van der Waals surface area contributed by atoms with Crippen LogP contribution in [0.5, 0.6) is 5.19 Å². The van der Waals surface area contributed by atoms with Crippen LogP contribution in [0, 0.1) is 11.7 Å². The molecule has 0 saturated carbocycles. The van der Waals surface area contributed by atoms with E-state index in [-0.39, 0.29) is 17.1 Å². The lowest BCUT2D eigenvalue weighted by Gasteiger charge is -2.31. The van der Waals surface area contributed by atoms with Gasteiger partial charge in [0.1, 0.15) is 10.7 Å².